The molecule has 8 aromatic heterocycles. The molecule has 30 heteroatoms. The van der Waals surface area contributed by atoms with E-state index in [-0.39, 0.29) is 88.9 Å². The normalized spacial score (nSPS) is 11.9. The van der Waals surface area contributed by atoms with Gasteiger partial charge in [0.1, 0.15) is 90.3 Å². The standard InChI is InChI=1S/C30H36F2N2O2Si.C21H16F2N2O2.C21H16F2N2O.C17H26N2OSi.C13H9BrF2O.C6H3BrF2O.CH4/c1-19(2)37(20(3)4,21(5)6)34-17-25(23-13-10-14-33-30(23)34)29(35)24-15-27(32)28(16-26(24)31)36-18-22-11-8-7-9-12-22;22-17-10-19(27-12-13-5-2-1-3-6-13)18(23)9-15(17)20(26)16-11-25-21-14(16)7-4-8-24-21;22-18-11-20(26-13-14-5-2-1-3-6-14)19(23)10-15(18)9-16-12-25-21-17(16)7-4-8-24-21;1-12(2)21(13(3)4,14(5)6)19-10-15(11-20)16-8-7-9-18-17(16)19;14-10-6-12(16)13(7-11(10)15)17-8-9-4-2-1-3-5-9;7-3-1-5(9)6(10)2-4(3)8;/h7-17,19-21,29,35H,18H2,1-6H3;1-11,20,26H,12H2,(H,24,25);1-8,10-12H,9,13H2,(H,24,25);7-14H,1-6H3;1-7H,8H2;1-2,10H;1H4. The number of hydrogen-bond acceptors (Lipinski definition) is 12. The maximum Gasteiger partial charge on any atom is 0.171 e. The van der Waals surface area contributed by atoms with Gasteiger partial charge in [0.25, 0.3) is 0 Å². The van der Waals surface area contributed by atoms with Gasteiger partial charge in [-0.15, -0.1) is 0 Å². The van der Waals surface area contributed by atoms with E-state index < -0.39 is 92.6 Å². The molecule has 0 aliphatic carbocycles. The van der Waals surface area contributed by atoms with Crippen molar-refractivity contribution >= 4 is 98.8 Å². The Morgan fingerprint density at radius 1 is 0.353 bits per heavy atom. The maximum atomic E-state index is 15.3. The van der Waals surface area contributed by atoms with Crippen molar-refractivity contribution in [2.75, 3.05) is 0 Å². The molecule has 17 rings (SSSR count). The topological polar surface area (TPSA) is 208 Å². The lowest BCUT2D eigenvalue weighted by atomic mass is 10.0. The van der Waals surface area contributed by atoms with Gasteiger partial charge in [-0.05, 0) is 177 Å². The highest BCUT2D eigenvalue weighted by Gasteiger charge is 2.48. The molecule has 17 aromatic rings. The van der Waals surface area contributed by atoms with Crippen molar-refractivity contribution < 1.29 is 83.0 Å². The Labute approximate surface area is 820 Å². The van der Waals surface area contributed by atoms with Gasteiger partial charge in [-0.3, -0.25) is 4.79 Å². The Balaban J connectivity index is 0.000000165. The molecular weight excluding hydrogens is 1960 g/mol. The van der Waals surface area contributed by atoms with Crippen molar-refractivity contribution in [1.29, 1.82) is 0 Å². The highest BCUT2D eigenvalue weighted by atomic mass is 79.9. The van der Waals surface area contributed by atoms with E-state index in [1.165, 1.54) is 6.07 Å². The average molecular weight is 2070 g/mol. The lowest BCUT2D eigenvalue weighted by Gasteiger charge is -2.44. The summed E-state index contributed by atoms with van der Waals surface area (Å²) >= 11 is 5.66. The Kier molecular flexibility index (Phi) is 37.2. The average Bonchev–Trinajstić information content (AvgIpc) is 1.59. The van der Waals surface area contributed by atoms with Gasteiger partial charge in [-0.1, -0.05) is 212 Å². The van der Waals surface area contributed by atoms with Crippen LogP contribution < -0.4 is 18.9 Å². The van der Waals surface area contributed by atoms with Gasteiger partial charge in [0.05, 0.1) is 8.95 Å². The number of hydrogen-bond donors (Lipinski definition) is 5. The summed E-state index contributed by atoms with van der Waals surface area (Å²) in [6.45, 7) is 28.1. The van der Waals surface area contributed by atoms with Crippen LogP contribution in [-0.2, 0) is 32.8 Å². The van der Waals surface area contributed by atoms with Crippen LogP contribution in [0.3, 0.4) is 0 Å². The predicted octanol–water partition coefficient (Wildman–Crippen LogP) is 29.8. The second kappa shape index (κ2) is 48.6. The number of phenolic OH excluding ortho intramolecular Hbond substituents is 1. The zero-order valence-corrected chi connectivity index (χ0v) is 83.1. The number of aldehydes is 1. The first-order valence-corrected chi connectivity index (χ1v) is 50.7. The number of fused-ring (bicyclic) bond motifs is 4. The lowest BCUT2D eigenvalue weighted by Crippen LogP contribution is -2.51. The summed E-state index contributed by atoms with van der Waals surface area (Å²) in [6, 6.07) is 61.9. The van der Waals surface area contributed by atoms with Gasteiger partial charge in [0.15, 0.2) is 80.6 Å². The highest BCUT2D eigenvalue weighted by molar-refractivity contribution is 9.10. The molecule has 0 amide bonds. The Hall–Kier alpha value is -13.0. The van der Waals surface area contributed by atoms with Gasteiger partial charge >= 0.3 is 0 Å². The number of aromatic nitrogens is 8. The van der Waals surface area contributed by atoms with E-state index in [2.05, 4.69) is 155 Å². The largest absolute Gasteiger partial charge is 0.505 e. The molecule has 8 heterocycles. The third-order valence-corrected chi connectivity index (χ3v) is 39.1. The van der Waals surface area contributed by atoms with E-state index in [1.54, 1.807) is 43.1 Å². The SMILES string of the molecule is C.CC(C)[Si](C(C)C)(C(C)C)n1cc(C(O)c2cc(F)c(OCc3ccccc3)cc2F)c2cccnc21.CC(C)[Si](C(C)C)(C(C)C)n1cc(C=O)c2cccnc21.Fc1cc(OCc2ccccc2)c(F)cc1Br.Fc1cc(OCc2ccccc2)c(F)cc1Cc1c[nH]c2ncccc12.OC(c1cc(F)c(OCc2ccccc2)cc1F)c1c[nH]c2ncccc12.Oc1cc(F)c(Br)cc1F. The minimum Gasteiger partial charge on any atom is -0.505 e. The molecule has 5 N–H and O–H groups in total. The molecule has 0 spiro atoms. The summed E-state index contributed by atoms with van der Waals surface area (Å²) in [5.74, 6) is -7.89. The number of carbonyl (C=O) groups excluding carboxylic acids is 1. The molecule has 0 aliphatic rings. The number of carbonyl (C=O) groups is 1. The molecule has 0 saturated heterocycles. The zero-order valence-electron chi connectivity index (χ0n) is 77.9. The smallest absolute Gasteiger partial charge is 0.171 e. The molecule has 726 valence electrons. The molecule has 2 atom stereocenters. The van der Waals surface area contributed by atoms with E-state index in [4.69, 9.17) is 29.0 Å². The van der Waals surface area contributed by atoms with Gasteiger partial charge in [-0.25, -0.2) is 63.8 Å². The van der Waals surface area contributed by atoms with Crippen LogP contribution in [0.15, 0.2) is 289 Å². The Morgan fingerprint density at radius 2 is 0.691 bits per heavy atom. The van der Waals surface area contributed by atoms with E-state index >= 15 is 8.78 Å². The minimum absolute atomic E-state index is 0. The van der Waals surface area contributed by atoms with Crippen molar-refractivity contribution in [2.45, 2.75) is 169 Å². The summed E-state index contributed by atoms with van der Waals surface area (Å²) < 4.78 is 166. The van der Waals surface area contributed by atoms with E-state index in [0.717, 1.165) is 121 Å². The van der Waals surface area contributed by atoms with Crippen LogP contribution in [0.1, 0.15) is 169 Å². The lowest BCUT2D eigenvalue weighted by molar-refractivity contribution is 0.112. The van der Waals surface area contributed by atoms with E-state index in [0.29, 0.717) is 61.5 Å². The number of aromatic amines is 2. The number of rotatable bonds is 27. The van der Waals surface area contributed by atoms with Crippen LogP contribution in [0, 0.1) is 58.2 Å². The first-order chi connectivity index (χ1) is 66.1. The molecule has 2 unspecified atom stereocenters. The fourth-order valence-electron chi connectivity index (χ4n) is 18.3. The highest BCUT2D eigenvalue weighted by Crippen LogP contribution is 2.48. The number of halogens is 12. The number of pyridine rings is 4. The molecule has 0 bridgehead atoms. The third-order valence-electron chi connectivity index (χ3n) is 24.4. The van der Waals surface area contributed by atoms with Crippen molar-refractivity contribution in [3.05, 3.63) is 408 Å². The summed E-state index contributed by atoms with van der Waals surface area (Å²) in [5, 5.41) is 33.9. The second-order valence-electron chi connectivity index (χ2n) is 34.8. The summed E-state index contributed by atoms with van der Waals surface area (Å²) in [6.07, 6.45) is 12.7. The van der Waals surface area contributed by atoms with E-state index in [9.17, 15) is 50.1 Å². The molecule has 0 radical (unpaired) electrons. The molecule has 139 heavy (non-hydrogen) atoms. The first kappa shape index (κ1) is 106. The fraction of sp³-hybridized carbons (Fsp3) is 0.239. The molecule has 0 saturated carbocycles. The number of benzene rings is 9. The maximum absolute atomic E-state index is 15.3. The van der Waals surface area contributed by atoms with Gasteiger partial charge in [0, 0.05) is 136 Å². The number of aliphatic hydroxyl groups excluding tert-OH is 2. The summed E-state index contributed by atoms with van der Waals surface area (Å²) in [5.41, 5.74) is 12.0. The monoisotopic (exact) mass is 2060 g/mol. The number of aromatic hydroxyl groups is 1. The molecular formula is C109H110Br2F10N8O8Si2. The van der Waals surface area contributed by atoms with Gasteiger partial charge < -0.3 is 52.7 Å². The van der Waals surface area contributed by atoms with Crippen molar-refractivity contribution in [3.63, 3.8) is 0 Å². The summed E-state index contributed by atoms with van der Waals surface area (Å²) in [7, 11) is -4.08. The number of ether oxygens (including phenoxy) is 4. The first-order valence-electron chi connectivity index (χ1n) is 44.7. The van der Waals surface area contributed by atoms with Crippen LogP contribution >= 0.6 is 31.9 Å². The zero-order chi connectivity index (χ0) is 99.4. The number of aliphatic hydroxyl groups is 2. The molecule has 16 nitrogen and oxygen atoms in total. The second-order valence-corrected chi connectivity index (χ2v) is 48.0. The van der Waals surface area contributed by atoms with Crippen LogP contribution in [0.2, 0.25) is 33.2 Å². The van der Waals surface area contributed by atoms with Crippen molar-refractivity contribution in [3.8, 4) is 28.7 Å². The van der Waals surface area contributed by atoms with Crippen molar-refractivity contribution in [2.24, 2.45) is 0 Å². The van der Waals surface area contributed by atoms with Crippen LogP contribution in [0.5, 0.6) is 28.7 Å². The molecule has 0 aliphatic heterocycles. The van der Waals surface area contributed by atoms with Crippen LogP contribution in [0.25, 0.3) is 44.1 Å². The number of H-pyrrole nitrogens is 2. The summed E-state index contributed by atoms with van der Waals surface area (Å²) in [4.78, 5) is 35.0. The van der Waals surface area contributed by atoms with Gasteiger partial charge in [0.2, 0.25) is 0 Å². The number of nitrogens with zero attached hydrogens (tertiary/aromatic N) is 6. The molecule has 9 aromatic carbocycles. The quantitative estimate of drug-likeness (QED) is 0.0141. The molecule has 0 fully saturated rings. The predicted molar refractivity (Wildman–Crippen MR) is 540 cm³/mol. The Morgan fingerprint density at radius 3 is 1.12 bits per heavy atom. The minimum atomic E-state index is -2.22. The number of phenols is 1. The van der Waals surface area contributed by atoms with Crippen LogP contribution in [0.4, 0.5) is 43.9 Å². The Bertz CT molecular complexity index is 6870. The number of nitrogens with one attached hydrogen (secondary N) is 2. The third kappa shape index (κ3) is 25.0. The van der Waals surface area contributed by atoms with E-state index in [1.807, 2.05) is 170 Å². The van der Waals surface area contributed by atoms with Crippen molar-refractivity contribution in [1.82, 2.24) is 38.4 Å². The van der Waals surface area contributed by atoms with Gasteiger partial charge in [-0.2, -0.15) is 0 Å². The van der Waals surface area contributed by atoms with Crippen LogP contribution in [-0.4, -0.2) is 76.4 Å². The fourth-order valence-corrected chi connectivity index (χ4v) is 32.0.